The van der Waals surface area contributed by atoms with Crippen molar-refractivity contribution in [1.29, 1.82) is 0 Å². The Morgan fingerprint density at radius 1 is 0.970 bits per heavy atom. The van der Waals surface area contributed by atoms with Crippen molar-refractivity contribution < 1.29 is 46.1 Å². The first-order valence-corrected chi connectivity index (χ1v) is 9.19. The number of halogens is 6. The van der Waals surface area contributed by atoms with Gasteiger partial charge in [-0.3, -0.25) is 15.1 Å². The highest BCUT2D eigenvalue weighted by Gasteiger charge is 2.38. The maximum absolute atomic E-state index is 10.6. The Morgan fingerprint density at radius 2 is 1.42 bits per heavy atom. The summed E-state index contributed by atoms with van der Waals surface area (Å²) < 4.78 is 63.5. The van der Waals surface area contributed by atoms with Crippen LogP contribution in [0.15, 0.2) is 6.07 Å². The van der Waals surface area contributed by atoms with E-state index in [4.69, 9.17) is 19.8 Å². The third-order valence-corrected chi connectivity index (χ3v) is 3.88. The number of alkyl halides is 6. The number of aliphatic carboxylic acids is 2. The van der Waals surface area contributed by atoms with Crippen LogP contribution in [0.2, 0.25) is 0 Å². The highest BCUT2D eigenvalue weighted by atomic mass is 19.4. The number of hydrogen-bond acceptors (Lipinski definition) is 5. The summed E-state index contributed by atoms with van der Waals surface area (Å²) in [5.74, 6) is -5.05. The molecule has 2 aromatic rings. The lowest BCUT2D eigenvalue weighted by Crippen LogP contribution is -2.21. The van der Waals surface area contributed by atoms with Crippen LogP contribution in [0.4, 0.5) is 26.3 Å². The van der Waals surface area contributed by atoms with Gasteiger partial charge >= 0.3 is 24.3 Å². The number of aromatic nitrogens is 4. The molecule has 0 bridgehead atoms. The Bertz CT molecular complexity index is 862. The number of aromatic amines is 2. The zero-order valence-electron chi connectivity index (χ0n) is 18.4. The van der Waals surface area contributed by atoms with Gasteiger partial charge in [-0.05, 0) is 32.9 Å². The number of carboxylic acids is 2. The van der Waals surface area contributed by atoms with E-state index in [9.17, 15) is 26.3 Å². The van der Waals surface area contributed by atoms with Crippen LogP contribution in [0.1, 0.15) is 48.1 Å². The molecule has 0 saturated heterocycles. The van der Waals surface area contributed by atoms with Crippen molar-refractivity contribution in [3.8, 4) is 0 Å². The van der Waals surface area contributed by atoms with Crippen LogP contribution in [0.5, 0.6) is 0 Å². The molecule has 0 atom stereocenters. The number of H-pyrrole nitrogens is 2. The van der Waals surface area contributed by atoms with Crippen molar-refractivity contribution in [1.82, 2.24) is 25.3 Å². The molecule has 0 amide bonds. The van der Waals surface area contributed by atoms with Gasteiger partial charge in [0.15, 0.2) is 0 Å². The summed E-state index contributed by atoms with van der Waals surface area (Å²) in [6, 6.07) is 2.15. The number of carboxylic acid groups (broad SMARTS) is 2. The fraction of sp³-hybridized carbons (Fsp3) is 0.556. The highest BCUT2D eigenvalue weighted by molar-refractivity contribution is 5.73. The van der Waals surface area contributed by atoms with Gasteiger partial charge in [0.2, 0.25) is 0 Å². The van der Waals surface area contributed by atoms with Gasteiger partial charge in [0.1, 0.15) is 0 Å². The van der Waals surface area contributed by atoms with Gasteiger partial charge in [0.05, 0.1) is 11.4 Å². The Hall–Kier alpha value is -3.10. The second-order valence-corrected chi connectivity index (χ2v) is 7.16. The fourth-order valence-corrected chi connectivity index (χ4v) is 2.18. The van der Waals surface area contributed by atoms with E-state index >= 15 is 0 Å². The molecular weight excluding hydrogens is 464 g/mol. The molecule has 4 N–H and O–H groups in total. The molecule has 33 heavy (non-hydrogen) atoms. The predicted octanol–water partition coefficient (Wildman–Crippen LogP) is 3.77. The van der Waals surface area contributed by atoms with Crippen LogP contribution in [0.3, 0.4) is 0 Å². The summed E-state index contributed by atoms with van der Waals surface area (Å²) in [6.07, 6.45) is -10.2. The Balaban J connectivity index is 0.000000605. The van der Waals surface area contributed by atoms with Gasteiger partial charge in [0.25, 0.3) is 0 Å². The first-order chi connectivity index (χ1) is 14.9. The summed E-state index contributed by atoms with van der Waals surface area (Å²) >= 11 is 0. The molecule has 0 spiro atoms. The molecule has 0 saturated carbocycles. The molecule has 0 aliphatic carbocycles. The van der Waals surface area contributed by atoms with E-state index in [0.717, 1.165) is 35.9 Å². The van der Waals surface area contributed by atoms with Crippen molar-refractivity contribution in [3.63, 3.8) is 0 Å². The Morgan fingerprint density at radius 3 is 1.73 bits per heavy atom. The Kier molecular flexibility index (Phi) is 11.1. The minimum absolute atomic E-state index is 0.466. The normalized spacial score (nSPS) is 11.5. The number of carbonyl (C=O) groups is 2. The molecule has 0 unspecified atom stereocenters. The standard InChI is InChI=1S/C14H23N5.2C2HF3O2/c1-9(2)14-6-12(17-18-14)7-19(5)8-13-10(3)15-16-11(13)4;2*3-2(4,5)1(6)7/h6,9H,7-8H2,1-5H3,(H,15,16)(H,17,18);2*(H,6,7). The third kappa shape index (κ3) is 11.4. The van der Waals surface area contributed by atoms with Crippen molar-refractivity contribution in [2.24, 2.45) is 0 Å². The largest absolute Gasteiger partial charge is 0.490 e. The lowest BCUT2D eigenvalue weighted by Gasteiger charge is -2.15. The minimum atomic E-state index is -5.08. The quantitative estimate of drug-likeness (QED) is 0.470. The first-order valence-electron chi connectivity index (χ1n) is 9.19. The number of nitrogens with one attached hydrogen (secondary N) is 2. The molecule has 2 heterocycles. The van der Waals surface area contributed by atoms with Gasteiger partial charge in [-0.2, -0.15) is 36.5 Å². The molecule has 2 aromatic heterocycles. The molecule has 0 aliphatic heterocycles. The number of aryl methyl sites for hydroxylation is 2. The second kappa shape index (κ2) is 12.2. The van der Waals surface area contributed by atoms with Crippen molar-refractivity contribution in [2.75, 3.05) is 7.05 Å². The van der Waals surface area contributed by atoms with E-state index in [1.54, 1.807) is 0 Å². The minimum Gasteiger partial charge on any atom is -0.475 e. The molecule has 188 valence electrons. The van der Waals surface area contributed by atoms with Crippen LogP contribution in [0.25, 0.3) is 0 Å². The van der Waals surface area contributed by atoms with E-state index in [-0.39, 0.29) is 0 Å². The SMILES string of the molecule is Cc1n[nH]c(C)c1CN(C)Cc1cc(C(C)C)n[nH]1.O=C(O)C(F)(F)F.O=C(O)C(F)(F)F. The number of nitrogens with zero attached hydrogens (tertiary/aromatic N) is 3. The number of hydrogen-bond donors (Lipinski definition) is 4. The molecule has 0 aliphatic rings. The van der Waals surface area contributed by atoms with Crippen LogP contribution < -0.4 is 0 Å². The predicted molar refractivity (Wildman–Crippen MR) is 103 cm³/mol. The maximum Gasteiger partial charge on any atom is 0.490 e. The molecular formula is C18H25F6N5O4. The van der Waals surface area contributed by atoms with Crippen LogP contribution >= 0.6 is 0 Å². The fourth-order valence-electron chi connectivity index (χ4n) is 2.18. The first kappa shape index (κ1) is 29.9. The summed E-state index contributed by atoms with van der Waals surface area (Å²) in [4.78, 5) is 20.1. The van der Waals surface area contributed by atoms with Crippen molar-refractivity contribution in [2.45, 2.75) is 59.1 Å². The van der Waals surface area contributed by atoms with E-state index < -0.39 is 24.3 Å². The van der Waals surface area contributed by atoms with Crippen LogP contribution in [0, 0.1) is 13.8 Å². The summed E-state index contributed by atoms with van der Waals surface area (Å²) in [6.45, 7) is 10.2. The monoisotopic (exact) mass is 489 g/mol. The lowest BCUT2D eigenvalue weighted by atomic mass is 10.1. The molecule has 0 aromatic carbocycles. The van der Waals surface area contributed by atoms with E-state index in [1.807, 2.05) is 6.92 Å². The average molecular weight is 489 g/mol. The average Bonchev–Trinajstić information content (AvgIpc) is 3.23. The molecule has 9 nitrogen and oxygen atoms in total. The van der Waals surface area contributed by atoms with E-state index in [0.29, 0.717) is 5.92 Å². The second-order valence-electron chi connectivity index (χ2n) is 7.16. The summed E-state index contributed by atoms with van der Waals surface area (Å²) in [5, 5.41) is 29.0. The van der Waals surface area contributed by atoms with Gasteiger partial charge in [-0.25, -0.2) is 9.59 Å². The van der Waals surface area contributed by atoms with Crippen molar-refractivity contribution >= 4 is 11.9 Å². The van der Waals surface area contributed by atoms with Gasteiger partial charge in [-0.1, -0.05) is 13.8 Å². The van der Waals surface area contributed by atoms with Crippen molar-refractivity contribution in [3.05, 3.63) is 34.4 Å². The van der Waals surface area contributed by atoms with E-state index in [2.05, 4.69) is 59.2 Å². The zero-order chi connectivity index (χ0) is 26.1. The highest BCUT2D eigenvalue weighted by Crippen LogP contribution is 2.16. The smallest absolute Gasteiger partial charge is 0.475 e. The molecule has 0 radical (unpaired) electrons. The van der Waals surface area contributed by atoms with Gasteiger partial charge < -0.3 is 10.2 Å². The topological polar surface area (TPSA) is 135 Å². The molecule has 15 heteroatoms. The van der Waals surface area contributed by atoms with Gasteiger partial charge in [-0.15, -0.1) is 0 Å². The van der Waals surface area contributed by atoms with Gasteiger partial charge in [0, 0.05) is 30.0 Å². The van der Waals surface area contributed by atoms with E-state index in [1.165, 1.54) is 5.56 Å². The Labute approximate surface area is 184 Å². The maximum atomic E-state index is 10.6. The molecule has 2 rings (SSSR count). The lowest BCUT2D eigenvalue weighted by molar-refractivity contribution is -0.193. The number of rotatable bonds is 5. The van der Waals surface area contributed by atoms with Crippen LogP contribution in [-0.4, -0.2) is 66.8 Å². The summed E-state index contributed by atoms with van der Waals surface area (Å²) in [7, 11) is 2.11. The third-order valence-electron chi connectivity index (χ3n) is 3.88. The molecule has 0 fully saturated rings. The van der Waals surface area contributed by atoms with Crippen LogP contribution in [-0.2, 0) is 22.7 Å². The summed E-state index contributed by atoms with van der Waals surface area (Å²) in [5.41, 5.74) is 5.80. The zero-order valence-corrected chi connectivity index (χ0v) is 18.4.